The largest absolute Gasteiger partial charge is 0.481 e. The van der Waals surface area contributed by atoms with Crippen molar-refractivity contribution in [3.8, 4) is 11.1 Å². The molecule has 0 aliphatic heterocycles. The van der Waals surface area contributed by atoms with Crippen molar-refractivity contribution in [3.63, 3.8) is 0 Å². The van der Waals surface area contributed by atoms with Crippen molar-refractivity contribution in [2.45, 2.75) is 6.42 Å². The minimum atomic E-state index is -0.939. The molecule has 0 spiro atoms. The van der Waals surface area contributed by atoms with Crippen molar-refractivity contribution in [1.29, 1.82) is 0 Å². The normalized spacial score (nSPS) is 10.2. The summed E-state index contributed by atoms with van der Waals surface area (Å²) in [5, 5.41) is 11.9. The number of para-hydroxylation sites is 1. The first kappa shape index (κ1) is 16.5. The first-order valence-electron chi connectivity index (χ1n) is 7.90. The van der Waals surface area contributed by atoms with E-state index in [0.717, 1.165) is 11.1 Å². The molecule has 124 valence electrons. The van der Waals surface area contributed by atoms with Crippen LogP contribution in [0.25, 0.3) is 11.1 Å². The summed E-state index contributed by atoms with van der Waals surface area (Å²) < 4.78 is 0. The number of carboxylic acids is 1. The Labute approximate surface area is 145 Å². The van der Waals surface area contributed by atoms with Crippen LogP contribution in [0, 0.1) is 0 Å². The van der Waals surface area contributed by atoms with Crippen molar-refractivity contribution in [2.75, 3.05) is 5.32 Å². The summed E-state index contributed by atoms with van der Waals surface area (Å²) in [5.41, 5.74) is 3.40. The maximum atomic E-state index is 12.8. The summed E-state index contributed by atoms with van der Waals surface area (Å²) in [7, 11) is 0. The molecule has 4 nitrogen and oxygen atoms in total. The second-order valence-electron chi connectivity index (χ2n) is 5.59. The van der Waals surface area contributed by atoms with Gasteiger partial charge in [0.25, 0.3) is 5.91 Å². The standard InChI is InChI=1S/C21H17NO3/c23-20(24)14-16-10-4-7-13-19(16)22-21(25)18-12-6-5-11-17(18)15-8-2-1-3-9-15/h1-13H,14H2,(H,22,25)(H,23,24). The number of amides is 1. The summed E-state index contributed by atoms with van der Waals surface area (Å²) in [5.74, 6) is -1.20. The van der Waals surface area contributed by atoms with Crippen LogP contribution >= 0.6 is 0 Å². The highest BCUT2D eigenvalue weighted by molar-refractivity contribution is 6.09. The van der Waals surface area contributed by atoms with E-state index in [1.807, 2.05) is 48.5 Å². The monoisotopic (exact) mass is 331 g/mol. The number of carbonyl (C=O) groups is 2. The molecule has 2 N–H and O–H groups in total. The lowest BCUT2D eigenvalue weighted by molar-refractivity contribution is -0.136. The van der Waals surface area contributed by atoms with Gasteiger partial charge in [0.2, 0.25) is 0 Å². The van der Waals surface area contributed by atoms with Gasteiger partial charge < -0.3 is 10.4 Å². The van der Waals surface area contributed by atoms with E-state index < -0.39 is 5.97 Å². The van der Waals surface area contributed by atoms with Gasteiger partial charge in [-0.3, -0.25) is 9.59 Å². The lowest BCUT2D eigenvalue weighted by Crippen LogP contribution is -2.15. The molecule has 3 aromatic rings. The minimum absolute atomic E-state index is 0.142. The van der Waals surface area contributed by atoms with Gasteiger partial charge in [-0.05, 0) is 28.8 Å². The number of carbonyl (C=O) groups excluding carboxylic acids is 1. The van der Waals surface area contributed by atoms with Crippen LogP contribution in [0.1, 0.15) is 15.9 Å². The molecule has 1 amide bonds. The fourth-order valence-corrected chi connectivity index (χ4v) is 2.70. The number of nitrogens with one attached hydrogen (secondary N) is 1. The van der Waals surface area contributed by atoms with Gasteiger partial charge in [-0.1, -0.05) is 66.7 Å². The van der Waals surface area contributed by atoms with E-state index in [-0.39, 0.29) is 12.3 Å². The summed E-state index contributed by atoms with van der Waals surface area (Å²) in [4.78, 5) is 23.8. The Balaban J connectivity index is 1.92. The van der Waals surface area contributed by atoms with Crippen LogP contribution < -0.4 is 5.32 Å². The fourth-order valence-electron chi connectivity index (χ4n) is 2.70. The Morgan fingerprint density at radius 1 is 0.800 bits per heavy atom. The van der Waals surface area contributed by atoms with Crippen LogP contribution in [0.15, 0.2) is 78.9 Å². The van der Waals surface area contributed by atoms with E-state index in [4.69, 9.17) is 5.11 Å². The van der Waals surface area contributed by atoms with Gasteiger partial charge in [-0.15, -0.1) is 0 Å². The topological polar surface area (TPSA) is 66.4 Å². The van der Waals surface area contributed by atoms with Crippen LogP contribution in [0.2, 0.25) is 0 Å². The molecule has 0 aliphatic rings. The van der Waals surface area contributed by atoms with Gasteiger partial charge >= 0.3 is 5.97 Å². The van der Waals surface area contributed by atoms with Crippen molar-refractivity contribution in [3.05, 3.63) is 90.0 Å². The zero-order chi connectivity index (χ0) is 17.6. The lowest BCUT2D eigenvalue weighted by atomic mass is 9.99. The van der Waals surface area contributed by atoms with Gasteiger partial charge in [0.05, 0.1) is 6.42 Å². The number of anilines is 1. The average molecular weight is 331 g/mol. The molecule has 0 unspecified atom stereocenters. The number of carboxylic acid groups (broad SMARTS) is 1. The van der Waals surface area contributed by atoms with E-state index in [1.54, 1.807) is 30.3 Å². The molecule has 0 atom stereocenters. The van der Waals surface area contributed by atoms with E-state index >= 15 is 0 Å². The smallest absolute Gasteiger partial charge is 0.307 e. The lowest BCUT2D eigenvalue weighted by Gasteiger charge is -2.12. The first-order valence-corrected chi connectivity index (χ1v) is 7.90. The number of hydrogen-bond donors (Lipinski definition) is 2. The molecule has 4 heteroatoms. The highest BCUT2D eigenvalue weighted by atomic mass is 16.4. The fraction of sp³-hybridized carbons (Fsp3) is 0.0476. The molecule has 0 heterocycles. The highest BCUT2D eigenvalue weighted by Crippen LogP contribution is 2.25. The Morgan fingerprint density at radius 2 is 1.44 bits per heavy atom. The number of hydrogen-bond acceptors (Lipinski definition) is 2. The molecular formula is C21H17NO3. The SMILES string of the molecule is O=C(O)Cc1ccccc1NC(=O)c1ccccc1-c1ccccc1. The molecule has 25 heavy (non-hydrogen) atoms. The predicted octanol–water partition coefficient (Wildman–Crippen LogP) is 4.23. The molecule has 3 aromatic carbocycles. The van der Waals surface area contributed by atoms with E-state index in [9.17, 15) is 9.59 Å². The number of benzene rings is 3. The summed E-state index contributed by atoms with van der Waals surface area (Å²) in [6.07, 6.45) is -0.142. The zero-order valence-electron chi connectivity index (χ0n) is 13.5. The van der Waals surface area contributed by atoms with Gasteiger partial charge in [0, 0.05) is 11.3 Å². The summed E-state index contributed by atoms with van der Waals surface area (Å²) in [6.45, 7) is 0. The first-order chi connectivity index (χ1) is 12.1. The maximum Gasteiger partial charge on any atom is 0.307 e. The second kappa shape index (κ2) is 7.45. The third kappa shape index (κ3) is 3.93. The van der Waals surface area contributed by atoms with Crippen LogP contribution in [0.4, 0.5) is 5.69 Å². The van der Waals surface area contributed by atoms with Crippen molar-refractivity contribution < 1.29 is 14.7 Å². The molecule has 0 saturated heterocycles. The minimum Gasteiger partial charge on any atom is -0.481 e. The predicted molar refractivity (Wildman–Crippen MR) is 97.6 cm³/mol. The molecule has 0 aromatic heterocycles. The molecule has 0 saturated carbocycles. The molecular weight excluding hydrogens is 314 g/mol. The maximum absolute atomic E-state index is 12.8. The molecule has 0 aliphatic carbocycles. The summed E-state index contributed by atoms with van der Waals surface area (Å²) >= 11 is 0. The Bertz CT molecular complexity index is 904. The number of aliphatic carboxylic acids is 1. The van der Waals surface area contributed by atoms with Gasteiger partial charge in [-0.2, -0.15) is 0 Å². The Kier molecular flexibility index (Phi) is 4.90. The second-order valence-corrected chi connectivity index (χ2v) is 5.59. The van der Waals surface area contributed by atoms with E-state index in [2.05, 4.69) is 5.32 Å². The van der Waals surface area contributed by atoms with Crippen molar-refractivity contribution >= 4 is 17.6 Å². The van der Waals surface area contributed by atoms with Crippen LogP contribution in [0.3, 0.4) is 0 Å². The third-order valence-corrected chi connectivity index (χ3v) is 3.86. The molecule has 0 radical (unpaired) electrons. The van der Waals surface area contributed by atoms with Crippen LogP contribution in [0.5, 0.6) is 0 Å². The summed E-state index contributed by atoms with van der Waals surface area (Å²) in [6, 6.07) is 24.0. The molecule has 0 bridgehead atoms. The quantitative estimate of drug-likeness (QED) is 0.735. The van der Waals surface area contributed by atoms with Gasteiger partial charge in [0.15, 0.2) is 0 Å². The number of rotatable bonds is 5. The van der Waals surface area contributed by atoms with E-state index in [1.165, 1.54) is 0 Å². The Morgan fingerprint density at radius 3 is 2.20 bits per heavy atom. The van der Waals surface area contributed by atoms with Gasteiger partial charge in [0.1, 0.15) is 0 Å². The van der Waals surface area contributed by atoms with Crippen molar-refractivity contribution in [1.82, 2.24) is 0 Å². The average Bonchev–Trinajstić information content (AvgIpc) is 2.63. The van der Waals surface area contributed by atoms with Crippen LogP contribution in [-0.4, -0.2) is 17.0 Å². The highest BCUT2D eigenvalue weighted by Gasteiger charge is 2.14. The molecule has 0 fully saturated rings. The van der Waals surface area contributed by atoms with Gasteiger partial charge in [-0.25, -0.2) is 0 Å². The van der Waals surface area contributed by atoms with E-state index in [0.29, 0.717) is 16.8 Å². The zero-order valence-corrected chi connectivity index (χ0v) is 13.5. The third-order valence-electron chi connectivity index (χ3n) is 3.86. The Hall–Kier alpha value is -3.40. The molecule has 3 rings (SSSR count). The van der Waals surface area contributed by atoms with Crippen molar-refractivity contribution in [2.24, 2.45) is 0 Å². The van der Waals surface area contributed by atoms with Crippen LogP contribution in [-0.2, 0) is 11.2 Å².